The SMILES string of the molecule is Nn1c(SCC(=O)NCC2CCCO2)nnc1C(F)(F)F. The third-order valence-corrected chi connectivity index (χ3v) is 3.74. The molecule has 1 aliphatic heterocycles. The average Bonchev–Trinajstić information content (AvgIpc) is 3.02. The lowest BCUT2D eigenvalue weighted by Crippen LogP contribution is -2.33. The van der Waals surface area contributed by atoms with E-state index in [1.54, 1.807) is 0 Å². The number of ether oxygens (including phenoxy) is 1. The molecule has 1 unspecified atom stereocenters. The van der Waals surface area contributed by atoms with Crippen LogP contribution in [-0.4, -0.2) is 45.8 Å². The van der Waals surface area contributed by atoms with Crippen molar-refractivity contribution in [3.05, 3.63) is 5.82 Å². The lowest BCUT2D eigenvalue weighted by atomic mass is 10.2. The molecule has 0 spiro atoms. The molecular weight excluding hydrogens is 311 g/mol. The Kier molecular flexibility index (Phi) is 4.93. The van der Waals surface area contributed by atoms with Gasteiger partial charge >= 0.3 is 6.18 Å². The monoisotopic (exact) mass is 325 g/mol. The maximum atomic E-state index is 12.4. The molecule has 118 valence electrons. The Morgan fingerprint density at radius 1 is 1.52 bits per heavy atom. The largest absolute Gasteiger partial charge is 0.453 e. The predicted molar refractivity (Wildman–Crippen MR) is 67.9 cm³/mol. The smallest absolute Gasteiger partial charge is 0.376 e. The van der Waals surface area contributed by atoms with Gasteiger partial charge in [0.1, 0.15) is 0 Å². The van der Waals surface area contributed by atoms with Crippen molar-refractivity contribution in [2.75, 3.05) is 24.7 Å². The van der Waals surface area contributed by atoms with Crippen LogP contribution in [0.25, 0.3) is 0 Å². The zero-order chi connectivity index (χ0) is 15.5. The molecule has 1 aliphatic rings. The third kappa shape index (κ3) is 4.24. The number of nitrogens with zero attached hydrogens (tertiary/aromatic N) is 3. The summed E-state index contributed by atoms with van der Waals surface area (Å²) in [6.07, 6.45) is -2.82. The number of aromatic nitrogens is 3. The van der Waals surface area contributed by atoms with E-state index in [9.17, 15) is 18.0 Å². The molecule has 0 aromatic carbocycles. The van der Waals surface area contributed by atoms with Crippen molar-refractivity contribution in [1.82, 2.24) is 20.2 Å². The second-order valence-corrected chi connectivity index (χ2v) is 5.34. The summed E-state index contributed by atoms with van der Waals surface area (Å²) in [4.78, 5) is 11.6. The van der Waals surface area contributed by atoms with Gasteiger partial charge in [-0.05, 0) is 12.8 Å². The molecule has 0 aliphatic carbocycles. The first kappa shape index (κ1) is 15.9. The molecule has 11 heteroatoms. The van der Waals surface area contributed by atoms with Crippen LogP contribution >= 0.6 is 11.8 Å². The number of nitrogens with one attached hydrogen (secondary N) is 1. The summed E-state index contributed by atoms with van der Waals surface area (Å²) < 4.78 is 43.0. The Balaban J connectivity index is 1.80. The zero-order valence-electron chi connectivity index (χ0n) is 10.9. The number of hydrogen-bond donors (Lipinski definition) is 2. The van der Waals surface area contributed by atoms with E-state index in [0.29, 0.717) is 17.8 Å². The van der Waals surface area contributed by atoms with Gasteiger partial charge in [0, 0.05) is 13.2 Å². The lowest BCUT2D eigenvalue weighted by Gasteiger charge is -2.10. The minimum atomic E-state index is -4.68. The normalized spacial score (nSPS) is 18.9. The Morgan fingerprint density at radius 3 is 2.86 bits per heavy atom. The van der Waals surface area contributed by atoms with Crippen LogP contribution in [0.3, 0.4) is 0 Å². The first-order valence-electron chi connectivity index (χ1n) is 6.16. The van der Waals surface area contributed by atoms with Gasteiger partial charge < -0.3 is 15.9 Å². The summed E-state index contributed by atoms with van der Waals surface area (Å²) in [6, 6.07) is 0. The van der Waals surface area contributed by atoms with Crippen molar-refractivity contribution in [2.45, 2.75) is 30.3 Å². The van der Waals surface area contributed by atoms with Gasteiger partial charge in [-0.3, -0.25) is 4.79 Å². The molecule has 0 radical (unpaired) electrons. The molecule has 1 amide bonds. The Bertz CT molecular complexity index is 501. The second-order valence-electron chi connectivity index (χ2n) is 4.40. The van der Waals surface area contributed by atoms with Crippen LogP contribution in [0.5, 0.6) is 0 Å². The Hall–Kier alpha value is -1.49. The van der Waals surface area contributed by atoms with Crippen LogP contribution < -0.4 is 11.2 Å². The van der Waals surface area contributed by atoms with E-state index in [0.717, 1.165) is 24.6 Å². The van der Waals surface area contributed by atoms with Gasteiger partial charge in [0.25, 0.3) is 5.82 Å². The van der Waals surface area contributed by atoms with Crippen molar-refractivity contribution in [3.8, 4) is 0 Å². The van der Waals surface area contributed by atoms with Gasteiger partial charge in [0.05, 0.1) is 11.9 Å². The second kappa shape index (κ2) is 6.52. The molecule has 1 aromatic rings. The summed E-state index contributed by atoms with van der Waals surface area (Å²) in [6.45, 7) is 1.08. The highest BCUT2D eigenvalue weighted by Gasteiger charge is 2.38. The maximum Gasteiger partial charge on any atom is 0.453 e. The number of hydrogen-bond acceptors (Lipinski definition) is 6. The topological polar surface area (TPSA) is 95.1 Å². The first-order chi connectivity index (χ1) is 9.88. The van der Waals surface area contributed by atoms with Crippen LogP contribution in [-0.2, 0) is 15.7 Å². The van der Waals surface area contributed by atoms with Gasteiger partial charge in [-0.25, -0.2) is 4.68 Å². The number of halogens is 3. The molecule has 1 saturated heterocycles. The molecule has 0 bridgehead atoms. The van der Waals surface area contributed by atoms with Crippen LogP contribution in [0.2, 0.25) is 0 Å². The number of nitrogens with two attached hydrogens (primary N) is 1. The predicted octanol–water partition coefficient (Wildman–Crippen LogP) is 0.398. The first-order valence-corrected chi connectivity index (χ1v) is 7.15. The van der Waals surface area contributed by atoms with E-state index < -0.39 is 12.0 Å². The number of carbonyl (C=O) groups excluding carboxylic acids is 1. The van der Waals surface area contributed by atoms with E-state index in [1.807, 2.05) is 0 Å². The van der Waals surface area contributed by atoms with Gasteiger partial charge in [-0.2, -0.15) is 13.2 Å². The average molecular weight is 325 g/mol. The molecule has 0 saturated carbocycles. The summed E-state index contributed by atoms with van der Waals surface area (Å²) >= 11 is 0.786. The summed E-state index contributed by atoms with van der Waals surface area (Å²) in [5, 5.41) is 8.76. The van der Waals surface area contributed by atoms with Crippen molar-refractivity contribution < 1.29 is 22.7 Å². The van der Waals surface area contributed by atoms with Crippen LogP contribution in [0, 0.1) is 0 Å². The highest BCUT2D eigenvalue weighted by molar-refractivity contribution is 7.99. The van der Waals surface area contributed by atoms with Crippen molar-refractivity contribution in [3.63, 3.8) is 0 Å². The molecule has 3 N–H and O–H groups in total. The number of nitrogen functional groups attached to an aromatic ring is 1. The quantitative estimate of drug-likeness (QED) is 0.601. The molecule has 1 atom stereocenters. The molecule has 7 nitrogen and oxygen atoms in total. The van der Waals surface area contributed by atoms with Crippen molar-refractivity contribution >= 4 is 17.7 Å². The highest BCUT2D eigenvalue weighted by atomic mass is 32.2. The molecule has 1 fully saturated rings. The molecule has 21 heavy (non-hydrogen) atoms. The standard InChI is InChI=1S/C10H14F3N5O2S/c11-10(12,13)8-16-17-9(18(8)14)21-5-7(19)15-4-6-2-1-3-20-6/h6H,1-5,14H2,(H,15,19). The minimum Gasteiger partial charge on any atom is -0.376 e. The Morgan fingerprint density at radius 2 is 2.29 bits per heavy atom. The van der Waals surface area contributed by atoms with Gasteiger partial charge in [-0.15, -0.1) is 10.2 Å². The fourth-order valence-corrected chi connectivity index (χ4v) is 2.47. The number of rotatable bonds is 5. The van der Waals surface area contributed by atoms with E-state index >= 15 is 0 Å². The molecule has 1 aromatic heterocycles. The van der Waals surface area contributed by atoms with Crippen LogP contribution in [0.1, 0.15) is 18.7 Å². The minimum absolute atomic E-state index is 0.00828. The van der Waals surface area contributed by atoms with Crippen molar-refractivity contribution in [2.24, 2.45) is 0 Å². The van der Waals surface area contributed by atoms with E-state index in [-0.39, 0.29) is 22.9 Å². The Labute approximate surface area is 122 Å². The van der Waals surface area contributed by atoms with Gasteiger partial charge in [0.2, 0.25) is 11.1 Å². The van der Waals surface area contributed by atoms with Crippen LogP contribution in [0.4, 0.5) is 13.2 Å². The van der Waals surface area contributed by atoms with Crippen molar-refractivity contribution in [1.29, 1.82) is 0 Å². The summed E-state index contributed by atoms with van der Waals surface area (Å²) in [5.41, 5.74) is 0. The fourth-order valence-electron chi connectivity index (χ4n) is 1.78. The third-order valence-electron chi connectivity index (χ3n) is 2.80. The van der Waals surface area contributed by atoms with E-state index in [1.165, 1.54) is 0 Å². The number of amides is 1. The molecule has 2 heterocycles. The number of carbonyl (C=O) groups is 1. The van der Waals surface area contributed by atoms with Gasteiger partial charge in [-0.1, -0.05) is 11.8 Å². The molecular formula is C10H14F3N5O2S. The van der Waals surface area contributed by atoms with Crippen LogP contribution in [0.15, 0.2) is 5.16 Å². The maximum absolute atomic E-state index is 12.4. The fraction of sp³-hybridized carbons (Fsp3) is 0.700. The number of alkyl halides is 3. The highest BCUT2D eigenvalue weighted by Crippen LogP contribution is 2.28. The molecule has 2 rings (SSSR count). The summed E-state index contributed by atoms with van der Waals surface area (Å²) in [5.74, 6) is 3.52. The zero-order valence-corrected chi connectivity index (χ0v) is 11.7. The van der Waals surface area contributed by atoms with E-state index in [4.69, 9.17) is 10.6 Å². The lowest BCUT2D eigenvalue weighted by molar-refractivity contribution is -0.146. The summed E-state index contributed by atoms with van der Waals surface area (Å²) in [7, 11) is 0. The van der Waals surface area contributed by atoms with Gasteiger partial charge in [0.15, 0.2) is 0 Å². The van der Waals surface area contributed by atoms with E-state index in [2.05, 4.69) is 15.5 Å². The number of thioether (sulfide) groups is 1.